The monoisotopic (exact) mass is 734 g/mol. The molecule has 0 saturated heterocycles. The molecule has 0 radical (unpaired) electrons. The van der Waals surface area contributed by atoms with Crippen LogP contribution in [-0.2, 0) is 10.8 Å². The van der Waals surface area contributed by atoms with E-state index in [-0.39, 0.29) is 10.8 Å². The summed E-state index contributed by atoms with van der Waals surface area (Å²) >= 11 is 0. The molecule has 4 nitrogen and oxygen atoms in total. The first-order valence-corrected chi connectivity index (χ1v) is 19.8. The minimum absolute atomic E-state index is 0.127. The molecule has 0 atom stereocenters. The van der Waals surface area contributed by atoms with Crippen LogP contribution >= 0.6 is 0 Å². The van der Waals surface area contributed by atoms with E-state index in [4.69, 9.17) is 13.8 Å². The average Bonchev–Trinajstić information content (AvgIpc) is 3.96. The highest BCUT2D eigenvalue weighted by Crippen LogP contribution is 2.56. The Morgan fingerprint density at radius 2 is 1.07 bits per heavy atom. The molecule has 2 heterocycles. The van der Waals surface area contributed by atoms with Crippen molar-refractivity contribution in [1.29, 1.82) is 0 Å². The Bertz CT molecular complexity index is 3290. The van der Waals surface area contributed by atoms with Gasteiger partial charge in [0.05, 0.1) is 5.69 Å². The molecule has 0 bridgehead atoms. The van der Waals surface area contributed by atoms with Crippen LogP contribution < -0.4 is 4.90 Å². The number of aromatic nitrogens is 1. The van der Waals surface area contributed by atoms with Crippen molar-refractivity contribution in [3.63, 3.8) is 0 Å². The summed E-state index contributed by atoms with van der Waals surface area (Å²) in [6, 6.07) is 56.9. The highest BCUT2D eigenvalue weighted by atomic mass is 16.3. The number of nitrogens with zero attached hydrogens (tertiary/aromatic N) is 2. The van der Waals surface area contributed by atoms with Crippen LogP contribution in [0.4, 0.5) is 17.1 Å². The molecule has 0 amide bonds. The van der Waals surface area contributed by atoms with E-state index in [1.165, 1.54) is 50.2 Å². The molecule has 0 spiro atoms. The molecule has 10 aromatic rings. The smallest absolute Gasteiger partial charge is 0.227 e. The first-order valence-electron chi connectivity index (χ1n) is 19.8. The van der Waals surface area contributed by atoms with Gasteiger partial charge >= 0.3 is 0 Å². The normalized spacial score (nSPS) is 14.6. The van der Waals surface area contributed by atoms with E-state index in [9.17, 15) is 0 Å². The van der Waals surface area contributed by atoms with Gasteiger partial charge < -0.3 is 13.7 Å². The molecular formula is C53H38N2O2. The summed E-state index contributed by atoms with van der Waals surface area (Å²) in [4.78, 5) is 7.30. The third-order valence-corrected chi connectivity index (χ3v) is 12.9. The average molecular weight is 735 g/mol. The predicted molar refractivity (Wildman–Crippen MR) is 234 cm³/mol. The number of furan rings is 1. The number of anilines is 3. The zero-order valence-corrected chi connectivity index (χ0v) is 32.2. The third-order valence-electron chi connectivity index (χ3n) is 12.9. The van der Waals surface area contributed by atoms with Crippen LogP contribution in [0.15, 0.2) is 167 Å². The SMILES string of the molecule is CC1(C)c2ccccc2-c2ccc(N(c3ccc4oc5c6cccc(-c7nc8ccccc8o7)c6ccc5c4c3)c3cccc4c3-c3ccccc3C4(C)C)cc21. The molecule has 2 aliphatic carbocycles. The fourth-order valence-electron chi connectivity index (χ4n) is 10.1. The van der Waals surface area contributed by atoms with Crippen molar-refractivity contribution in [1.82, 2.24) is 4.98 Å². The largest absolute Gasteiger partial charge is 0.455 e. The minimum atomic E-state index is -0.136. The van der Waals surface area contributed by atoms with E-state index >= 15 is 0 Å². The third kappa shape index (κ3) is 4.41. The zero-order valence-electron chi connectivity index (χ0n) is 32.2. The fraction of sp³-hybridized carbons (Fsp3) is 0.113. The van der Waals surface area contributed by atoms with E-state index in [0.29, 0.717) is 5.89 Å². The zero-order chi connectivity index (χ0) is 38.2. The van der Waals surface area contributed by atoms with Crippen LogP contribution in [0.1, 0.15) is 49.9 Å². The number of hydrogen-bond acceptors (Lipinski definition) is 4. The topological polar surface area (TPSA) is 42.4 Å². The second kappa shape index (κ2) is 11.3. The van der Waals surface area contributed by atoms with E-state index in [1.54, 1.807) is 0 Å². The summed E-state index contributed by atoms with van der Waals surface area (Å²) in [5, 5.41) is 4.22. The second-order valence-corrected chi connectivity index (χ2v) is 16.7. The number of rotatable bonds is 4. The Labute approximate surface area is 330 Å². The summed E-state index contributed by atoms with van der Waals surface area (Å²) < 4.78 is 13.0. The lowest BCUT2D eigenvalue weighted by molar-refractivity contribution is 0.620. The molecule has 2 aromatic heterocycles. The van der Waals surface area contributed by atoms with Crippen LogP contribution in [0.5, 0.6) is 0 Å². The molecule has 4 heteroatoms. The van der Waals surface area contributed by atoms with Crippen molar-refractivity contribution in [2.24, 2.45) is 0 Å². The molecule has 12 rings (SSSR count). The van der Waals surface area contributed by atoms with Gasteiger partial charge in [-0.25, -0.2) is 4.98 Å². The highest BCUT2D eigenvalue weighted by molar-refractivity contribution is 6.18. The summed E-state index contributed by atoms with van der Waals surface area (Å²) in [7, 11) is 0. The molecule has 2 aliphatic rings. The van der Waals surface area contributed by atoms with E-state index in [2.05, 4.69) is 166 Å². The molecule has 0 saturated carbocycles. The molecule has 0 unspecified atom stereocenters. The minimum Gasteiger partial charge on any atom is -0.455 e. The van der Waals surface area contributed by atoms with Gasteiger partial charge in [-0.15, -0.1) is 0 Å². The molecule has 0 fully saturated rings. The van der Waals surface area contributed by atoms with Gasteiger partial charge in [0.15, 0.2) is 5.58 Å². The Balaban J connectivity index is 1.08. The fourth-order valence-corrected chi connectivity index (χ4v) is 10.1. The van der Waals surface area contributed by atoms with Gasteiger partial charge in [0.1, 0.15) is 16.7 Å². The lowest BCUT2D eigenvalue weighted by Crippen LogP contribution is -2.17. The number of benzene rings is 8. The summed E-state index contributed by atoms with van der Waals surface area (Å²) in [6.45, 7) is 9.41. The maximum Gasteiger partial charge on any atom is 0.227 e. The van der Waals surface area contributed by atoms with E-state index < -0.39 is 0 Å². The van der Waals surface area contributed by atoms with Gasteiger partial charge in [-0.2, -0.15) is 0 Å². The molecule has 8 aromatic carbocycles. The molecule has 0 N–H and O–H groups in total. The summed E-state index contributed by atoms with van der Waals surface area (Å²) in [5.41, 5.74) is 18.0. The first-order chi connectivity index (χ1) is 27.8. The molecule has 272 valence electrons. The molecular weight excluding hydrogens is 697 g/mol. The van der Waals surface area contributed by atoms with Gasteiger partial charge in [0.2, 0.25) is 5.89 Å². The van der Waals surface area contributed by atoms with Crippen LogP contribution in [0.25, 0.3) is 77.5 Å². The Morgan fingerprint density at radius 3 is 1.93 bits per heavy atom. The Morgan fingerprint density at radius 1 is 0.439 bits per heavy atom. The van der Waals surface area contributed by atoms with Gasteiger partial charge in [-0.05, 0) is 105 Å². The van der Waals surface area contributed by atoms with Crippen LogP contribution in [-0.4, -0.2) is 4.98 Å². The van der Waals surface area contributed by atoms with Crippen molar-refractivity contribution in [2.45, 2.75) is 38.5 Å². The van der Waals surface area contributed by atoms with Gasteiger partial charge in [0.25, 0.3) is 0 Å². The number of para-hydroxylation sites is 2. The lowest BCUT2D eigenvalue weighted by Gasteiger charge is -2.30. The first kappa shape index (κ1) is 32.3. The second-order valence-electron chi connectivity index (χ2n) is 16.7. The van der Waals surface area contributed by atoms with Crippen molar-refractivity contribution in [3.8, 4) is 33.7 Å². The Hall–Kier alpha value is -6.91. The number of hydrogen-bond donors (Lipinski definition) is 0. The molecule has 57 heavy (non-hydrogen) atoms. The lowest BCUT2D eigenvalue weighted by atomic mass is 9.82. The van der Waals surface area contributed by atoms with Crippen molar-refractivity contribution >= 4 is 60.9 Å². The van der Waals surface area contributed by atoms with Gasteiger partial charge in [-0.3, -0.25) is 0 Å². The van der Waals surface area contributed by atoms with Crippen LogP contribution in [0.2, 0.25) is 0 Å². The molecule has 0 aliphatic heterocycles. The van der Waals surface area contributed by atoms with E-state index in [0.717, 1.165) is 60.7 Å². The maximum absolute atomic E-state index is 6.76. The van der Waals surface area contributed by atoms with Crippen LogP contribution in [0.3, 0.4) is 0 Å². The standard InChI is InChI=1S/C53H38N2O2/c1-52(2)42-18-8-6-14-39(42)49-43(52)19-12-21-46(49)55(32-23-25-35-34-13-5-7-17-41(34)53(3,4)44(35)30-32)31-24-28-47-40(29-31)37-27-26-33-36(50(37)56-47)15-11-16-38(33)51-54-45-20-9-10-22-48(45)57-51/h5-30H,1-4H3. The van der Waals surface area contributed by atoms with Crippen molar-refractivity contribution < 1.29 is 8.83 Å². The highest BCUT2D eigenvalue weighted by Gasteiger charge is 2.39. The summed E-state index contributed by atoms with van der Waals surface area (Å²) in [6.07, 6.45) is 0. The van der Waals surface area contributed by atoms with E-state index in [1.807, 2.05) is 24.3 Å². The van der Waals surface area contributed by atoms with Gasteiger partial charge in [0, 0.05) is 49.5 Å². The quantitative estimate of drug-likeness (QED) is 0.181. The van der Waals surface area contributed by atoms with Crippen molar-refractivity contribution in [3.05, 3.63) is 180 Å². The van der Waals surface area contributed by atoms with Crippen LogP contribution in [0, 0.1) is 0 Å². The van der Waals surface area contributed by atoms with Gasteiger partial charge in [-0.1, -0.05) is 125 Å². The summed E-state index contributed by atoms with van der Waals surface area (Å²) in [5.74, 6) is 0.607. The maximum atomic E-state index is 6.76. The number of fused-ring (bicyclic) bond motifs is 12. The van der Waals surface area contributed by atoms with Crippen molar-refractivity contribution in [2.75, 3.05) is 4.90 Å². The predicted octanol–water partition coefficient (Wildman–Crippen LogP) is 14.6. The Kier molecular flexibility index (Phi) is 6.43. The number of oxazole rings is 1.